The number of amides is 1. The van der Waals surface area contributed by atoms with Crippen LogP contribution in [-0.4, -0.2) is 5.91 Å². The highest BCUT2D eigenvalue weighted by molar-refractivity contribution is 9.10. The van der Waals surface area contributed by atoms with Gasteiger partial charge in [0.25, 0.3) is 5.91 Å². The van der Waals surface area contributed by atoms with E-state index >= 15 is 0 Å². The molecule has 4 nitrogen and oxygen atoms in total. The van der Waals surface area contributed by atoms with Crippen molar-refractivity contribution in [2.24, 2.45) is 0 Å². The van der Waals surface area contributed by atoms with Gasteiger partial charge < -0.3 is 4.42 Å². The van der Waals surface area contributed by atoms with Crippen molar-refractivity contribution >= 4 is 38.5 Å². The molecule has 0 aliphatic carbocycles. The Morgan fingerprint density at radius 3 is 2.48 bits per heavy atom. The largest absolute Gasteiger partial charge is 0.450 e. The second kappa shape index (κ2) is 7.50. The molecule has 0 spiro atoms. The first-order valence-corrected chi connectivity index (χ1v) is 11.0. The van der Waals surface area contributed by atoms with Gasteiger partial charge in [0.15, 0.2) is 5.43 Å². The van der Waals surface area contributed by atoms with Crippen LogP contribution in [0.15, 0.2) is 80.4 Å². The highest BCUT2D eigenvalue weighted by atomic mass is 79.9. The Balaban J connectivity index is 1.80. The molecule has 154 valence electrons. The van der Waals surface area contributed by atoms with Crippen molar-refractivity contribution in [3.63, 3.8) is 0 Å². The van der Waals surface area contributed by atoms with Crippen LogP contribution in [0.25, 0.3) is 11.0 Å². The molecule has 4 aromatic rings. The molecule has 1 aliphatic heterocycles. The standard InChI is InChI=1S/C26H20BrNO3/c1-3-16-8-10-19(11-9-16)28-23(17-5-4-6-18(27)14-17)22-24(29)20-13-15(2)7-12-21(20)31-25(22)26(28)30/h4-14,23H,3H2,1-2H3. The number of carbonyl (C=O) groups is 1. The Kier molecular flexibility index (Phi) is 4.78. The van der Waals surface area contributed by atoms with Crippen molar-refractivity contribution in [3.8, 4) is 0 Å². The van der Waals surface area contributed by atoms with Crippen LogP contribution in [0.2, 0.25) is 0 Å². The van der Waals surface area contributed by atoms with Gasteiger partial charge in [-0.1, -0.05) is 58.7 Å². The first-order valence-electron chi connectivity index (χ1n) is 10.2. The Morgan fingerprint density at radius 2 is 1.77 bits per heavy atom. The second-order valence-corrected chi connectivity index (χ2v) is 8.74. The second-order valence-electron chi connectivity index (χ2n) is 7.83. The maximum absolute atomic E-state index is 13.6. The zero-order chi connectivity index (χ0) is 21.7. The van der Waals surface area contributed by atoms with Crippen LogP contribution in [-0.2, 0) is 6.42 Å². The molecule has 0 N–H and O–H groups in total. The quantitative estimate of drug-likeness (QED) is 0.357. The Labute approximate surface area is 188 Å². The molecular formula is C26H20BrNO3. The summed E-state index contributed by atoms with van der Waals surface area (Å²) in [5.41, 5.74) is 4.39. The van der Waals surface area contributed by atoms with E-state index in [2.05, 4.69) is 22.9 Å². The monoisotopic (exact) mass is 473 g/mol. The van der Waals surface area contributed by atoms with Crippen molar-refractivity contribution < 1.29 is 9.21 Å². The van der Waals surface area contributed by atoms with E-state index in [9.17, 15) is 9.59 Å². The van der Waals surface area contributed by atoms with Crippen LogP contribution in [0.5, 0.6) is 0 Å². The van der Waals surface area contributed by atoms with Crippen molar-refractivity contribution in [1.29, 1.82) is 0 Å². The normalized spacial score (nSPS) is 15.5. The van der Waals surface area contributed by atoms with Gasteiger partial charge >= 0.3 is 0 Å². The Hall–Kier alpha value is -3.18. The number of nitrogens with zero attached hydrogens (tertiary/aromatic N) is 1. The number of rotatable bonds is 3. The lowest BCUT2D eigenvalue weighted by atomic mass is 9.98. The third-order valence-corrected chi connectivity index (χ3v) is 6.31. The number of fused-ring (bicyclic) bond motifs is 2. The maximum Gasteiger partial charge on any atom is 0.295 e. The van der Waals surface area contributed by atoms with E-state index in [1.807, 2.05) is 67.6 Å². The third-order valence-electron chi connectivity index (χ3n) is 5.81. The van der Waals surface area contributed by atoms with Gasteiger partial charge in [0.05, 0.1) is 17.0 Å². The average Bonchev–Trinajstić information content (AvgIpc) is 3.07. The van der Waals surface area contributed by atoms with Crippen LogP contribution in [0, 0.1) is 6.92 Å². The fourth-order valence-corrected chi connectivity index (χ4v) is 4.65. The van der Waals surface area contributed by atoms with Gasteiger partial charge in [-0.3, -0.25) is 14.5 Å². The lowest BCUT2D eigenvalue weighted by molar-refractivity contribution is 0.0971. The van der Waals surface area contributed by atoms with E-state index in [1.165, 1.54) is 5.56 Å². The van der Waals surface area contributed by atoms with Crippen LogP contribution < -0.4 is 10.3 Å². The number of halogens is 1. The van der Waals surface area contributed by atoms with Crippen molar-refractivity contribution in [2.45, 2.75) is 26.3 Å². The molecule has 0 saturated heterocycles. The van der Waals surface area contributed by atoms with Gasteiger partial charge in [-0.05, 0) is 60.9 Å². The average molecular weight is 474 g/mol. The Bertz CT molecular complexity index is 1390. The van der Waals surface area contributed by atoms with Gasteiger partial charge in [-0.15, -0.1) is 0 Å². The van der Waals surface area contributed by atoms with E-state index in [4.69, 9.17) is 4.42 Å². The van der Waals surface area contributed by atoms with Crippen LogP contribution >= 0.6 is 15.9 Å². The molecule has 3 aromatic carbocycles. The fourth-order valence-electron chi connectivity index (χ4n) is 4.24. The molecule has 0 radical (unpaired) electrons. The lowest BCUT2D eigenvalue weighted by Gasteiger charge is -2.25. The van der Waals surface area contributed by atoms with Crippen molar-refractivity contribution in [3.05, 3.63) is 109 Å². The summed E-state index contributed by atoms with van der Waals surface area (Å²) in [6.45, 7) is 4.02. The first-order chi connectivity index (χ1) is 15.0. The molecule has 5 heteroatoms. The number of aryl methyl sites for hydroxylation is 2. The molecule has 5 rings (SSSR count). The SMILES string of the molecule is CCc1ccc(N2C(=O)c3oc4ccc(C)cc4c(=O)c3C2c2cccc(Br)c2)cc1. The first kappa shape index (κ1) is 19.8. The van der Waals surface area contributed by atoms with Gasteiger partial charge in [-0.2, -0.15) is 0 Å². The van der Waals surface area contributed by atoms with E-state index in [0.29, 0.717) is 16.5 Å². The minimum atomic E-state index is -0.561. The number of anilines is 1. The predicted molar refractivity (Wildman–Crippen MR) is 126 cm³/mol. The Morgan fingerprint density at radius 1 is 1.00 bits per heavy atom. The summed E-state index contributed by atoms with van der Waals surface area (Å²) in [7, 11) is 0. The van der Waals surface area contributed by atoms with Gasteiger partial charge in [0, 0.05) is 10.2 Å². The summed E-state index contributed by atoms with van der Waals surface area (Å²) in [6, 6.07) is 20.5. The molecule has 1 atom stereocenters. The predicted octanol–water partition coefficient (Wildman–Crippen LogP) is 6.18. The fraction of sp³-hybridized carbons (Fsp3) is 0.154. The van der Waals surface area contributed by atoms with Crippen LogP contribution in [0.1, 0.15) is 45.8 Å². The molecule has 0 saturated carbocycles. The summed E-state index contributed by atoms with van der Waals surface area (Å²) in [6.07, 6.45) is 0.911. The summed E-state index contributed by atoms with van der Waals surface area (Å²) in [5, 5.41) is 0.495. The molecule has 2 heterocycles. The molecule has 31 heavy (non-hydrogen) atoms. The summed E-state index contributed by atoms with van der Waals surface area (Å²) < 4.78 is 6.91. The van der Waals surface area contributed by atoms with Crippen LogP contribution in [0.4, 0.5) is 5.69 Å². The molecule has 1 amide bonds. The molecular weight excluding hydrogens is 454 g/mol. The highest BCUT2D eigenvalue weighted by Gasteiger charge is 2.43. The molecule has 0 bridgehead atoms. The maximum atomic E-state index is 13.6. The molecule has 1 aliphatic rings. The van der Waals surface area contributed by atoms with E-state index in [1.54, 1.807) is 11.0 Å². The topological polar surface area (TPSA) is 50.5 Å². The lowest BCUT2D eigenvalue weighted by Crippen LogP contribution is -2.29. The summed E-state index contributed by atoms with van der Waals surface area (Å²) in [5.74, 6) is -0.185. The summed E-state index contributed by atoms with van der Waals surface area (Å²) >= 11 is 3.52. The van der Waals surface area contributed by atoms with Crippen LogP contribution in [0.3, 0.4) is 0 Å². The van der Waals surface area contributed by atoms with Crippen molar-refractivity contribution in [1.82, 2.24) is 0 Å². The number of hydrogen-bond acceptors (Lipinski definition) is 3. The van der Waals surface area contributed by atoms with Gasteiger partial charge in [0.2, 0.25) is 5.76 Å². The summed E-state index contributed by atoms with van der Waals surface area (Å²) in [4.78, 5) is 28.8. The van der Waals surface area contributed by atoms with E-state index in [0.717, 1.165) is 27.7 Å². The van der Waals surface area contributed by atoms with Gasteiger partial charge in [-0.25, -0.2) is 0 Å². The third kappa shape index (κ3) is 3.20. The molecule has 0 fully saturated rings. The number of carbonyl (C=O) groups excluding carboxylic acids is 1. The smallest absolute Gasteiger partial charge is 0.295 e. The molecule has 1 aromatic heterocycles. The number of hydrogen-bond donors (Lipinski definition) is 0. The van der Waals surface area contributed by atoms with E-state index < -0.39 is 6.04 Å². The number of benzene rings is 3. The highest BCUT2D eigenvalue weighted by Crippen LogP contribution is 2.41. The van der Waals surface area contributed by atoms with Crippen molar-refractivity contribution in [2.75, 3.05) is 4.90 Å². The molecule has 1 unspecified atom stereocenters. The zero-order valence-electron chi connectivity index (χ0n) is 17.2. The van der Waals surface area contributed by atoms with E-state index in [-0.39, 0.29) is 17.1 Å². The minimum Gasteiger partial charge on any atom is -0.450 e. The van der Waals surface area contributed by atoms with Gasteiger partial charge in [0.1, 0.15) is 5.58 Å². The minimum absolute atomic E-state index is 0.117. The zero-order valence-corrected chi connectivity index (χ0v) is 18.8.